The Morgan fingerprint density at radius 3 is 2.21 bits per heavy atom. The molecule has 3 aromatic rings. The fourth-order valence-corrected chi connectivity index (χ4v) is 3.67. The molecular weight excluding hydrogens is 492 g/mol. The van der Waals surface area contributed by atoms with Crippen LogP contribution < -0.4 is 19.5 Å². The van der Waals surface area contributed by atoms with Gasteiger partial charge in [0.15, 0.2) is 5.69 Å². The largest absolute Gasteiger partial charge is 0.497 e. The van der Waals surface area contributed by atoms with Crippen molar-refractivity contribution in [1.29, 1.82) is 0 Å². The van der Waals surface area contributed by atoms with Crippen LogP contribution in [0.25, 0.3) is 5.69 Å². The third-order valence-corrected chi connectivity index (χ3v) is 5.82. The number of benzene rings is 2. The molecule has 0 radical (unpaired) electrons. The van der Waals surface area contributed by atoms with Gasteiger partial charge < -0.3 is 19.5 Å². The van der Waals surface area contributed by atoms with Gasteiger partial charge in [0.2, 0.25) is 0 Å². The Labute approximate surface area is 235 Å². The Morgan fingerprint density at radius 1 is 0.949 bits per heavy atom. The van der Waals surface area contributed by atoms with Crippen molar-refractivity contribution in [2.75, 3.05) is 26.1 Å². The summed E-state index contributed by atoms with van der Waals surface area (Å²) in [6.45, 7) is 18.9. The van der Waals surface area contributed by atoms with Crippen LogP contribution in [0.5, 0.6) is 17.2 Å². The van der Waals surface area contributed by atoms with E-state index in [1.54, 1.807) is 44.0 Å². The minimum absolute atomic E-state index is 0.0812. The van der Waals surface area contributed by atoms with Crippen molar-refractivity contribution in [3.63, 3.8) is 0 Å². The minimum Gasteiger partial charge on any atom is -0.497 e. The summed E-state index contributed by atoms with van der Waals surface area (Å²) in [4.78, 5) is 13.3. The van der Waals surface area contributed by atoms with Crippen LogP contribution in [0.4, 0.5) is 5.69 Å². The Hall–Kier alpha value is -3.55. The molecule has 8 nitrogen and oxygen atoms in total. The third-order valence-electron chi connectivity index (χ3n) is 5.82. The zero-order chi connectivity index (χ0) is 29.6. The molecule has 0 spiro atoms. The van der Waals surface area contributed by atoms with Gasteiger partial charge in [-0.25, -0.2) is 4.68 Å². The van der Waals surface area contributed by atoms with Gasteiger partial charge >= 0.3 is 0 Å². The summed E-state index contributed by atoms with van der Waals surface area (Å²) >= 11 is 0. The Morgan fingerprint density at radius 2 is 1.62 bits per heavy atom. The Kier molecular flexibility index (Phi) is 14.1. The molecule has 39 heavy (non-hydrogen) atoms. The summed E-state index contributed by atoms with van der Waals surface area (Å²) < 4.78 is 18.4. The molecule has 0 aliphatic rings. The monoisotopic (exact) mass is 540 g/mol. The maximum atomic E-state index is 13.3. The molecular formula is C31H48N4O4. The molecule has 1 amide bonds. The van der Waals surface area contributed by atoms with Crippen LogP contribution in [0.2, 0.25) is 0 Å². The van der Waals surface area contributed by atoms with Crippen LogP contribution in [0.15, 0.2) is 36.4 Å². The molecule has 216 valence electrons. The molecule has 0 fully saturated rings. The topological polar surface area (TPSA) is 87.5 Å². The van der Waals surface area contributed by atoms with E-state index in [-0.39, 0.29) is 17.0 Å². The standard InChI is InChI=1S/C27H36N4O4.2C2H6/c1-8-9-10-15-35-23-13-11-19(27(3,4)5)16-21(23)28-26(32)25-18(2)31(30-29-25)22-17-20(33-6)12-14-24(22)34-7;2*1-2/h11-14,16-17H,8-10,15H2,1-7H3,(H,28,32);2*1-2H3. The van der Waals surface area contributed by atoms with Gasteiger partial charge in [0, 0.05) is 6.07 Å². The minimum atomic E-state index is -0.361. The van der Waals surface area contributed by atoms with Crippen LogP contribution in [-0.4, -0.2) is 41.7 Å². The van der Waals surface area contributed by atoms with Crippen molar-refractivity contribution in [1.82, 2.24) is 15.0 Å². The number of anilines is 1. The smallest absolute Gasteiger partial charge is 0.278 e. The van der Waals surface area contributed by atoms with Gasteiger partial charge in [-0.3, -0.25) is 4.79 Å². The second-order valence-electron chi connectivity index (χ2n) is 9.44. The number of nitrogens with one attached hydrogen (secondary N) is 1. The molecule has 0 unspecified atom stereocenters. The molecule has 1 heterocycles. The lowest BCUT2D eigenvalue weighted by molar-refractivity contribution is 0.102. The lowest BCUT2D eigenvalue weighted by Crippen LogP contribution is -2.17. The molecule has 0 atom stereocenters. The molecule has 0 bridgehead atoms. The van der Waals surface area contributed by atoms with Crippen LogP contribution in [0.1, 0.15) is 96.4 Å². The average Bonchev–Trinajstić information content (AvgIpc) is 3.34. The van der Waals surface area contributed by atoms with E-state index in [9.17, 15) is 4.79 Å². The van der Waals surface area contributed by atoms with Crippen LogP contribution in [0, 0.1) is 6.92 Å². The molecule has 2 aromatic carbocycles. The zero-order valence-corrected chi connectivity index (χ0v) is 25.8. The number of unbranched alkanes of at least 4 members (excludes halogenated alkanes) is 2. The number of nitrogens with zero attached hydrogens (tertiary/aromatic N) is 3. The van der Waals surface area contributed by atoms with E-state index in [2.05, 4.69) is 43.3 Å². The number of ether oxygens (including phenoxy) is 3. The van der Waals surface area contributed by atoms with Gasteiger partial charge in [-0.15, -0.1) is 5.10 Å². The molecule has 0 saturated heterocycles. The number of methoxy groups -OCH3 is 2. The number of carbonyl (C=O) groups is 1. The highest BCUT2D eigenvalue weighted by Crippen LogP contribution is 2.33. The number of rotatable bonds is 10. The van der Waals surface area contributed by atoms with Crippen LogP contribution in [0.3, 0.4) is 0 Å². The first kappa shape index (κ1) is 33.5. The molecule has 8 heteroatoms. The van der Waals surface area contributed by atoms with Gasteiger partial charge in [0.1, 0.15) is 22.9 Å². The lowest BCUT2D eigenvalue weighted by Gasteiger charge is -2.21. The summed E-state index contributed by atoms with van der Waals surface area (Å²) in [6, 6.07) is 11.3. The van der Waals surface area contributed by atoms with E-state index in [1.165, 1.54) is 0 Å². The summed E-state index contributed by atoms with van der Waals surface area (Å²) in [6.07, 6.45) is 3.17. The first-order valence-electron chi connectivity index (χ1n) is 13.9. The van der Waals surface area contributed by atoms with Crippen LogP contribution in [-0.2, 0) is 5.41 Å². The number of carbonyl (C=O) groups excluding carboxylic acids is 1. The first-order chi connectivity index (χ1) is 18.7. The van der Waals surface area contributed by atoms with Crippen molar-refractivity contribution < 1.29 is 19.0 Å². The second kappa shape index (κ2) is 16.4. The molecule has 3 rings (SSSR count). The fourth-order valence-electron chi connectivity index (χ4n) is 3.67. The maximum Gasteiger partial charge on any atom is 0.278 e. The van der Waals surface area contributed by atoms with Gasteiger partial charge in [-0.2, -0.15) is 0 Å². The average molecular weight is 541 g/mol. The molecule has 1 aromatic heterocycles. The number of amides is 1. The second-order valence-corrected chi connectivity index (χ2v) is 9.44. The van der Waals surface area contributed by atoms with Crippen molar-refractivity contribution in [3.05, 3.63) is 53.3 Å². The van der Waals surface area contributed by atoms with Crippen molar-refractivity contribution in [2.24, 2.45) is 0 Å². The number of hydrogen-bond acceptors (Lipinski definition) is 6. The summed E-state index contributed by atoms with van der Waals surface area (Å²) in [5.74, 6) is 1.51. The lowest BCUT2D eigenvalue weighted by atomic mass is 9.87. The quantitative estimate of drug-likeness (QED) is 0.264. The molecule has 0 aliphatic carbocycles. The third kappa shape index (κ3) is 9.01. The van der Waals surface area contributed by atoms with Crippen molar-refractivity contribution in [3.8, 4) is 22.9 Å². The van der Waals surface area contributed by atoms with Gasteiger partial charge in [0.05, 0.1) is 32.2 Å². The number of aromatic nitrogens is 3. The van der Waals surface area contributed by atoms with Crippen LogP contribution >= 0.6 is 0 Å². The van der Waals surface area contributed by atoms with E-state index in [4.69, 9.17) is 14.2 Å². The molecule has 0 aliphatic heterocycles. The summed E-state index contributed by atoms with van der Waals surface area (Å²) in [5.41, 5.74) is 3.05. The van der Waals surface area contributed by atoms with E-state index < -0.39 is 0 Å². The van der Waals surface area contributed by atoms with Gasteiger partial charge in [-0.1, -0.05) is 79.5 Å². The van der Waals surface area contributed by atoms with E-state index in [1.807, 2.05) is 45.9 Å². The highest BCUT2D eigenvalue weighted by Gasteiger charge is 2.22. The highest BCUT2D eigenvalue weighted by molar-refractivity contribution is 6.04. The first-order valence-corrected chi connectivity index (χ1v) is 13.9. The summed E-state index contributed by atoms with van der Waals surface area (Å²) in [5, 5.41) is 11.4. The number of hydrogen-bond donors (Lipinski definition) is 1. The highest BCUT2D eigenvalue weighted by atomic mass is 16.5. The summed E-state index contributed by atoms with van der Waals surface area (Å²) in [7, 11) is 3.17. The predicted octanol–water partition coefficient (Wildman–Crippen LogP) is 7.76. The SMILES string of the molecule is CC.CC.CCCCCOc1ccc(C(C)(C)C)cc1NC(=O)c1nnn(-c2cc(OC)ccc2OC)c1C. The van der Waals surface area contributed by atoms with Crippen molar-refractivity contribution in [2.45, 2.75) is 87.0 Å². The van der Waals surface area contributed by atoms with Gasteiger partial charge in [-0.05, 0) is 48.6 Å². The zero-order valence-electron chi connectivity index (χ0n) is 25.8. The van der Waals surface area contributed by atoms with E-state index in [0.29, 0.717) is 40.9 Å². The fraction of sp³-hybridized carbons (Fsp3) is 0.516. The van der Waals surface area contributed by atoms with Gasteiger partial charge in [0.25, 0.3) is 5.91 Å². The molecule has 0 saturated carbocycles. The predicted molar refractivity (Wildman–Crippen MR) is 160 cm³/mol. The maximum absolute atomic E-state index is 13.3. The normalized spacial score (nSPS) is 10.4. The van der Waals surface area contributed by atoms with Crippen molar-refractivity contribution >= 4 is 11.6 Å². The molecule has 1 N–H and O–H groups in total. The van der Waals surface area contributed by atoms with E-state index in [0.717, 1.165) is 24.8 Å². The van der Waals surface area contributed by atoms with E-state index >= 15 is 0 Å². The Bertz CT molecular complexity index is 1170. The Balaban J connectivity index is 0.00000181.